The zero-order valence-electron chi connectivity index (χ0n) is 16.8. The summed E-state index contributed by atoms with van der Waals surface area (Å²) in [7, 11) is 0. The molecule has 3 N–H and O–H groups in total. The van der Waals surface area contributed by atoms with Gasteiger partial charge in [0.1, 0.15) is 11.4 Å². The van der Waals surface area contributed by atoms with Crippen molar-refractivity contribution in [3.8, 4) is 17.0 Å². The number of carbonyl (C=O) groups is 1. The lowest BCUT2D eigenvalue weighted by molar-refractivity contribution is 0.101. The fourth-order valence-electron chi connectivity index (χ4n) is 2.92. The number of aromatic hydroxyl groups is 1. The lowest BCUT2D eigenvalue weighted by Gasteiger charge is -2.08. The second-order valence-electron chi connectivity index (χ2n) is 6.31. The van der Waals surface area contributed by atoms with Crippen LogP contribution < -0.4 is 5.32 Å². The van der Waals surface area contributed by atoms with Crippen LogP contribution in [0, 0.1) is 0 Å². The van der Waals surface area contributed by atoms with Crippen LogP contribution in [0.2, 0.25) is 0 Å². The number of benzene rings is 2. The van der Waals surface area contributed by atoms with Gasteiger partial charge in [0.2, 0.25) is 0 Å². The van der Waals surface area contributed by atoms with Crippen LogP contribution in [-0.2, 0) is 6.42 Å². The Kier molecular flexibility index (Phi) is 7.15. The quantitative estimate of drug-likeness (QED) is 0.492. The lowest BCUT2D eigenvalue weighted by Crippen LogP contribution is -2.01. The van der Waals surface area contributed by atoms with Gasteiger partial charge >= 0.3 is 0 Å². The summed E-state index contributed by atoms with van der Waals surface area (Å²) in [5.41, 5.74) is 5.61. The summed E-state index contributed by atoms with van der Waals surface area (Å²) >= 11 is 0. The summed E-state index contributed by atoms with van der Waals surface area (Å²) < 4.78 is 0. The third kappa shape index (κ3) is 5.10. The van der Waals surface area contributed by atoms with Gasteiger partial charge in [0.05, 0.1) is 11.3 Å². The van der Waals surface area contributed by atoms with Gasteiger partial charge in [-0.1, -0.05) is 32.6 Å². The summed E-state index contributed by atoms with van der Waals surface area (Å²) in [6.07, 6.45) is 0.561. The van der Waals surface area contributed by atoms with E-state index in [1.807, 2.05) is 45.0 Å². The van der Waals surface area contributed by atoms with Gasteiger partial charge < -0.3 is 10.4 Å². The maximum absolute atomic E-state index is 12.3. The average molecular weight is 377 g/mol. The van der Waals surface area contributed by atoms with Crippen LogP contribution in [0.15, 0.2) is 60.8 Å². The average Bonchev–Trinajstić information content (AvgIpc) is 3.07. The van der Waals surface area contributed by atoms with Crippen molar-refractivity contribution in [2.45, 2.75) is 34.1 Å². The minimum absolute atomic E-state index is 0.0481. The molecule has 28 heavy (non-hydrogen) atoms. The van der Waals surface area contributed by atoms with Crippen molar-refractivity contribution in [2.75, 3.05) is 5.32 Å². The van der Waals surface area contributed by atoms with Gasteiger partial charge in [-0.05, 0) is 55.8 Å². The van der Waals surface area contributed by atoms with Crippen LogP contribution in [0.4, 0.5) is 5.69 Å². The van der Waals surface area contributed by atoms with E-state index in [0.29, 0.717) is 17.7 Å². The Hall–Kier alpha value is -3.34. The van der Waals surface area contributed by atoms with Gasteiger partial charge in [0.25, 0.3) is 0 Å². The van der Waals surface area contributed by atoms with E-state index in [9.17, 15) is 9.90 Å². The summed E-state index contributed by atoms with van der Waals surface area (Å²) in [4.78, 5) is 12.3. The molecule has 0 spiro atoms. The molecule has 0 amide bonds. The molecule has 0 aliphatic carbocycles. The lowest BCUT2D eigenvalue weighted by atomic mass is 9.99. The zero-order valence-corrected chi connectivity index (χ0v) is 16.8. The van der Waals surface area contributed by atoms with E-state index in [2.05, 4.69) is 22.1 Å². The number of Topliss-reactive ketones (excluding diaryl/α,β-unsaturated/α-hetero) is 1. The van der Waals surface area contributed by atoms with Gasteiger partial charge in [0.15, 0.2) is 5.78 Å². The highest BCUT2D eigenvalue weighted by atomic mass is 16.3. The molecule has 3 aromatic rings. The molecule has 0 aliphatic heterocycles. The molecule has 0 bridgehead atoms. The molecule has 3 rings (SSSR count). The standard InChI is InChI=1S/C21H21N3O2.C2H6/c1-13(2)22-17-6-4-5-15(11-17)12-19-20(14(3)25)21(24-23-19)16-7-9-18(26)10-8-16;1-2/h4-11,22,26H,1,12H2,2-3H3,(H,23,24);1-2H3. The van der Waals surface area contributed by atoms with Crippen LogP contribution in [0.25, 0.3) is 11.3 Å². The molecule has 2 aromatic carbocycles. The summed E-state index contributed by atoms with van der Waals surface area (Å²) in [5.74, 6) is 0.128. The normalized spacial score (nSPS) is 10.0. The van der Waals surface area contributed by atoms with E-state index in [4.69, 9.17) is 0 Å². The van der Waals surface area contributed by atoms with Crippen LogP contribution in [0.5, 0.6) is 5.75 Å². The molecule has 0 radical (unpaired) electrons. The molecule has 5 heteroatoms. The Morgan fingerprint density at radius 3 is 2.43 bits per heavy atom. The van der Waals surface area contributed by atoms with Crippen molar-refractivity contribution in [3.05, 3.63) is 77.6 Å². The first kappa shape index (κ1) is 21.0. The molecule has 0 unspecified atom stereocenters. The van der Waals surface area contributed by atoms with Crippen LogP contribution in [-0.4, -0.2) is 21.1 Å². The topological polar surface area (TPSA) is 78.0 Å². The fourth-order valence-corrected chi connectivity index (χ4v) is 2.92. The van der Waals surface area contributed by atoms with Crippen molar-refractivity contribution >= 4 is 11.5 Å². The van der Waals surface area contributed by atoms with Crippen molar-refractivity contribution in [1.82, 2.24) is 10.2 Å². The number of carbonyl (C=O) groups excluding carboxylic acids is 1. The third-order valence-electron chi connectivity index (χ3n) is 4.00. The Balaban J connectivity index is 0.00000136. The second kappa shape index (κ2) is 9.55. The monoisotopic (exact) mass is 377 g/mol. The number of nitrogens with zero attached hydrogens (tertiary/aromatic N) is 1. The maximum atomic E-state index is 12.3. The van der Waals surface area contributed by atoms with E-state index in [-0.39, 0.29) is 11.5 Å². The first-order valence-electron chi connectivity index (χ1n) is 9.33. The van der Waals surface area contributed by atoms with E-state index in [0.717, 1.165) is 28.2 Å². The Morgan fingerprint density at radius 2 is 1.82 bits per heavy atom. The second-order valence-corrected chi connectivity index (χ2v) is 6.31. The highest BCUT2D eigenvalue weighted by Gasteiger charge is 2.19. The number of hydrogen-bond donors (Lipinski definition) is 3. The Bertz CT molecular complexity index is 956. The summed E-state index contributed by atoms with van der Waals surface area (Å²) in [6, 6.07) is 14.6. The number of hydrogen-bond acceptors (Lipinski definition) is 4. The van der Waals surface area contributed by atoms with Crippen LogP contribution in [0.1, 0.15) is 49.3 Å². The summed E-state index contributed by atoms with van der Waals surface area (Å²) in [6.45, 7) is 11.3. The number of aromatic nitrogens is 2. The van der Waals surface area contributed by atoms with Crippen molar-refractivity contribution in [3.63, 3.8) is 0 Å². The maximum Gasteiger partial charge on any atom is 0.163 e. The largest absolute Gasteiger partial charge is 0.508 e. The fraction of sp³-hybridized carbons (Fsp3) is 0.217. The minimum Gasteiger partial charge on any atom is -0.508 e. The Morgan fingerprint density at radius 1 is 1.14 bits per heavy atom. The zero-order chi connectivity index (χ0) is 20.7. The van der Waals surface area contributed by atoms with Gasteiger partial charge in [-0.3, -0.25) is 9.89 Å². The van der Waals surface area contributed by atoms with E-state index in [1.165, 1.54) is 6.92 Å². The van der Waals surface area contributed by atoms with Gasteiger partial charge in [0, 0.05) is 23.4 Å². The number of rotatable bonds is 6. The SMILES string of the molecule is C=C(C)Nc1cccc(Cc2[nH]nc(-c3ccc(O)cc3)c2C(C)=O)c1.CC. The number of allylic oxidation sites excluding steroid dienone is 1. The molecular formula is C23H27N3O2. The molecule has 0 saturated carbocycles. The molecule has 0 fully saturated rings. The van der Waals surface area contributed by atoms with E-state index >= 15 is 0 Å². The van der Waals surface area contributed by atoms with Gasteiger partial charge in [-0.25, -0.2) is 0 Å². The Labute approximate surface area is 166 Å². The number of aromatic amines is 1. The molecule has 0 aliphatic rings. The molecule has 0 atom stereocenters. The minimum atomic E-state index is -0.0481. The van der Waals surface area contributed by atoms with Crippen molar-refractivity contribution in [1.29, 1.82) is 0 Å². The smallest absolute Gasteiger partial charge is 0.163 e. The molecule has 5 nitrogen and oxygen atoms in total. The first-order valence-corrected chi connectivity index (χ1v) is 9.33. The van der Waals surface area contributed by atoms with Gasteiger partial charge in [-0.2, -0.15) is 5.10 Å². The number of ketones is 1. The number of H-pyrrole nitrogens is 1. The highest BCUT2D eigenvalue weighted by molar-refractivity contribution is 6.01. The van der Waals surface area contributed by atoms with E-state index in [1.54, 1.807) is 24.3 Å². The highest BCUT2D eigenvalue weighted by Crippen LogP contribution is 2.27. The molecule has 1 heterocycles. The van der Waals surface area contributed by atoms with Crippen LogP contribution in [0.3, 0.4) is 0 Å². The van der Waals surface area contributed by atoms with Gasteiger partial charge in [-0.15, -0.1) is 0 Å². The first-order chi connectivity index (χ1) is 13.4. The number of anilines is 1. The van der Waals surface area contributed by atoms with E-state index < -0.39 is 0 Å². The molecular weight excluding hydrogens is 350 g/mol. The number of nitrogens with one attached hydrogen (secondary N) is 2. The van der Waals surface area contributed by atoms with Crippen LogP contribution >= 0.6 is 0 Å². The molecule has 1 aromatic heterocycles. The summed E-state index contributed by atoms with van der Waals surface area (Å²) in [5, 5.41) is 20.0. The predicted octanol–water partition coefficient (Wildman–Crippen LogP) is 5.55. The predicted molar refractivity (Wildman–Crippen MR) is 115 cm³/mol. The third-order valence-corrected chi connectivity index (χ3v) is 4.00. The number of phenolic OH excluding ortho intramolecular Hbond substituents is 1. The molecule has 146 valence electrons. The number of phenols is 1. The van der Waals surface area contributed by atoms with Crippen molar-refractivity contribution in [2.24, 2.45) is 0 Å². The molecule has 0 saturated heterocycles. The van der Waals surface area contributed by atoms with Crippen molar-refractivity contribution < 1.29 is 9.90 Å².